The second-order valence-corrected chi connectivity index (χ2v) is 3.41. The highest BCUT2D eigenvalue weighted by Crippen LogP contribution is 2.10. The van der Waals surface area contributed by atoms with Crippen molar-refractivity contribution < 1.29 is 4.74 Å². The number of terminal acetylenes is 1. The number of nitrogens with one attached hydrogen (secondary N) is 1. The standard InChI is InChI=1S/C11H13N7O/c1-3-5-6-19-11-16-9(13-4-2)15-10(17-11)18-8-12-7-14-18/h1,7-8H,4-6H2,2H3,(H,13,15,16,17). The Hall–Kier alpha value is -2.69. The molecule has 0 aromatic carbocycles. The molecule has 0 amide bonds. The zero-order valence-electron chi connectivity index (χ0n) is 10.4. The Balaban J connectivity index is 2.25. The number of hydrogen-bond acceptors (Lipinski definition) is 7. The van der Waals surface area contributed by atoms with Gasteiger partial charge in [0.15, 0.2) is 0 Å². The van der Waals surface area contributed by atoms with Gasteiger partial charge in [-0.2, -0.15) is 24.7 Å². The van der Waals surface area contributed by atoms with Gasteiger partial charge in [0.1, 0.15) is 19.3 Å². The molecule has 0 atom stereocenters. The van der Waals surface area contributed by atoms with Gasteiger partial charge in [0.2, 0.25) is 5.95 Å². The van der Waals surface area contributed by atoms with Crippen molar-refractivity contribution >= 4 is 5.95 Å². The van der Waals surface area contributed by atoms with Crippen LogP contribution in [0.25, 0.3) is 5.95 Å². The smallest absolute Gasteiger partial charge is 0.323 e. The van der Waals surface area contributed by atoms with E-state index in [0.29, 0.717) is 31.5 Å². The number of anilines is 1. The van der Waals surface area contributed by atoms with Crippen LogP contribution in [-0.4, -0.2) is 42.9 Å². The van der Waals surface area contributed by atoms with E-state index >= 15 is 0 Å². The Morgan fingerprint density at radius 2 is 2.32 bits per heavy atom. The maximum atomic E-state index is 5.37. The molecule has 0 spiro atoms. The first-order chi connectivity index (χ1) is 9.33. The van der Waals surface area contributed by atoms with Crippen molar-refractivity contribution in [1.82, 2.24) is 29.7 Å². The number of aromatic nitrogens is 6. The second-order valence-electron chi connectivity index (χ2n) is 3.41. The molecule has 8 nitrogen and oxygen atoms in total. The summed E-state index contributed by atoms with van der Waals surface area (Å²) >= 11 is 0. The molecule has 2 aromatic heterocycles. The predicted molar refractivity (Wildman–Crippen MR) is 67.9 cm³/mol. The maximum absolute atomic E-state index is 5.37. The van der Waals surface area contributed by atoms with Crippen LogP contribution in [0.2, 0.25) is 0 Å². The zero-order valence-corrected chi connectivity index (χ0v) is 10.4. The summed E-state index contributed by atoms with van der Waals surface area (Å²) < 4.78 is 6.79. The molecule has 0 fully saturated rings. The molecule has 8 heteroatoms. The van der Waals surface area contributed by atoms with E-state index in [0.717, 1.165) is 0 Å². The number of nitrogens with zero attached hydrogens (tertiary/aromatic N) is 6. The van der Waals surface area contributed by atoms with Gasteiger partial charge < -0.3 is 10.1 Å². The summed E-state index contributed by atoms with van der Waals surface area (Å²) in [5.74, 6) is 3.23. The van der Waals surface area contributed by atoms with Gasteiger partial charge >= 0.3 is 6.01 Å². The van der Waals surface area contributed by atoms with Crippen LogP contribution in [0.15, 0.2) is 12.7 Å². The third-order valence-electron chi connectivity index (χ3n) is 2.04. The van der Waals surface area contributed by atoms with Crippen LogP contribution >= 0.6 is 0 Å². The summed E-state index contributed by atoms with van der Waals surface area (Å²) in [4.78, 5) is 16.3. The molecule has 0 aliphatic carbocycles. The van der Waals surface area contributed by atoms with Crippen molar-refractivity contribution in [2.24, 2.45) is 0 Å². The van der Waals surface area contributed by atoms with E-state index in [4.69, 9.17) is 11.2 Å². The molecular weight excluding hydrogens is 246 g/mol. The Morgan fingerprint density at radius 1 is 1.42 bits per heavy atom. The van der Waals surface area contributed by atoms with Gasteiger partial charge in [-0.15, -0.1) is 12.3 Å². The lowest BCUT2D eigenvalue weighted by Crippen LogP contribution is -2.11. The topological polar surface area (TPSA) is 90.6 Å². The monoisotopic (exact) mass is 259 g/mol. The van der Waals surface area contributed by atoms with Gasteiger partial charge in [-0.25, -0.2) is 4.98 Å². The van der Waals surface area contributed by atoms with E-state index < -0.39 is 0 Å². The summed E-state index contributed by atoms with van der Waals surface area (Å²) in [5.41, 5.74) is 0. The van der Waals surface area contributed by atoms with Crippen molar-refractivity contribution in [3.8, 4) is 24.3 Å². The Labute approximate surface area is 110 Å². The average Bonchev–Trinajstić information content (AvgIpc) is 2.93. The van der Waals surface area contributed by atoms with Gasteiger partial charge in [0.05, 0.1) is 0 Å². The minimum atomic E-state index is 0.201. The molecule has 98 valence electrons. The third-order valence-corrected chi connectivity index (χ3v) is 2.04. The molecule has 0 saturated carbocycles. The molecule has 19 heavy (non-hydrogen) atoms. The van der Waals surface area contributed by atoms with E-state index in [1.165, 1.54) is 17.3 Å². The van der Waals surface area contributed by atoms with Gasteiger partial charge in [-0.3, -0.25) is 0 Å². The van der Waals surface area contributed by atoms with Crippen LogP contribution < -0.4 is 10.1 Å². The molecule has 0 unspecified atom stereocenters. The maximum Gasteiger partial charge on any atom is 0.323 e. The lowest BCUT2D eigenvalue weighted by atomic mass is 10.5. The predicted octanol–water partition coefficient (Wildman–Crippen LogP) is 0.286. The number of hydrogen-bond donors (Lipinski definition) is 1. The lowest BCUT2D eigenvalue weighted by molar-refractivity contribution is 0.299. The molecule has 2 rings (SSSR count). The number of ether oxygens (including phenoxy) is 1. The van der Waals surface area contributed by atoms with Crippen LogP contribution in [0.4, 0.5) is 5.95 Å². The lowest BCUT2D eigenvalue weighted by Gasteiger charge is -2.07. The molecule has 0 aliphatic rings. The second kappa shape index (κ2) is 6.30. The first-order valence-electron chi connectivity index (χ1n) is 5.74. The summed E-state index contributed by atoms with van der Waals surface area (Å²) in [6.07, 6.45) is 8.54. The van der Waals surface area contributed by atoms with Crippen LogP contribution in [0.1, 0.15) is 13.3 Å². The van der Waals surface area contributed by atoms with Crippen molar-refractivity contribution in [1.29, 1.82) is 0 Å². The molecule has 2 aromatic rings. The van der Waals surface area contributed by atoms with E-state index in [9.17, 15) is 0 Å². The van der Waals surface area contributed by atoms with Gasteiger partial charge in [0, 0.05) is 13.0 Å². The van der Waals surface area contributed by atoms with Crippen molar-refractivity contribution in [2.45, 2.75) is 13.3 Å². The molecule has 1 N–H and O–H groups in total. The highest BCUT2D eigenvalue weighted by Gasteiger charge is 2.09. The highest BCUT2D eigenvalue weighted by molar-refractivity contribution is 5.29. The van der Waals surface area contributed by atoms with Gasteiger partial charge in [-0.05, 0) is 6.92 Å². The molecule has 0 aliphatic heterocycles. The van der Waals surface area contributed by atoms with Crippen molar-refractivity contribution in [3.05, 3.63) is 12.7 Å². The summed E-state index contributed by atoms with van der Waals surface area (Å²) in [7, 11) is 0. The van der Waals surface area contributed by atoms with E-state index in [-0.39, 0.29) is 6.01 Å². The van der Waals surface area contributed by atoms with Crippen LogP contribution in [0.3, 0.4) is 0 Å². The van der Waals surface area contributed by atoms with Crippen LogP contribution in [-0.2, 0) is 0 Å². The van der Waals surface area contributed by atoms with Crippen LogP contribution in [0.5, 0.6) is 6.01 Å². The molecule has 0 saturated heterocycles. The average molecular weight is 259 g/mol. The van der Waals surface area contributed by atoms with Gasteiger partial charge in [0.25, 0.3) is 5.95 Å². The molecule has 0 radical (unpaired) electrons. The molecular formula is C11H13N7O. The van der Waals surface area contributed by atoms with Crippen molar-refractivity contribution in [3.63, 3.8) is 0 Å². The largest absolute Gasteiger partial charge is 0.462 e. The van der Waals surface area contributed by atoms with Gasteiger partial charge in [-0.1, -0.05) is 0 Å². The van der Waals surface area contributed by atoms with E-state index in [1.807, 2.05) is 6.92 Å². The van der Waals surface area contributed by atoms with Crippen LogP contribution in [0, 0.1) is 12.3 Å². The quantitative estimate of drug-likeness (QED) is 0.588. The summed E-state index contributed by atoms with van der Waals surface area (Å²) in [6, 6.07) is 0.201. The normalized spacial score (nSPS) is 9.89. The zero-order chi connectivity index (χ0) is 13.5. The highest BCUT2D eigenvalue weighted by atomic mass is 16.5. The summed E-state index contributed by atoms with van der Waals surface area (Å²) in [5, 5.41) is 6.96. The molecule has 0 bridgehead atoms. The fourth-order valence-corrected chi connectivity index (χ4v) is 1.26. The first-order valence-corrected chi connectivity index (χ1v) is 5.74. The Bertz CT molecular complexity index is 561. The first kappa shape index (κ1) is 12.8. The molecule has 2 heterocycles. The summed E-state index contributed by atoms with van der Waals surface area (Å²) in [6.45, 7) is 2.98. The fourth-order valence-electron chi connectivity index (χ4n) is 1.26. The third kappa shape index (κ3) is 3.38. The number of rotatable bonds is 6. The minimum absolute atomic E-state index is 0.201. The van der Waals surface area contributed by atoms with E-state index in [1.54, 1.807) is 0 Å². The van der Waals surface area contributed by atoms with Crippen molar-refractivity contribution in [2.75, 3.05) is 18.5 Å². The Kier molecular flexibility index (Phi) is 4.23. The fraction of sp³-hybridized carbons (Fsp3) is 0.364. The van der Waals surface area contributed by atoms with E-state index in [2.05, 4.69) is 36.3 Å². The Morgan fingerprint density at radius 3 is 3.00 bits per heavy atom. The minimum Gasteiger partial charge on any atom is -0.462 e. The SMILES string of the molecule is C#CCCOc1nc(NCC)nc(-n2cncn2)n1.